The van der Waals surface area contributed by atoms with Gasteiger partial charge in [0.2, 0.25) is 0 Å². The smallest absolute Gasteiger partial charge is 0.0323 e. The normalized spacial score (nSPS) is 24.1. The third-order valence-corrected chi connectivity index (χ3v) is 4.93. The van der Waals surface area contributed by atoms with Gasteiger partial charge in [0, 0.05) is 18.6 Å². The van der Waals surface area contributed by atoms with Crippen LogP contribution in [0.15, 0.2) is 54.6 Å². The Morgan fingerprint density at radius 1 is 0.952 bits per heavy atom. The Labute approximate surface area is 128 Å². The predicted molar refractivity (Wildman–Crippen MR) is 89.6 cm³/mol. The molecule has 0 fully saturated rings. The minimum Gasteiger partial charge on any atom is -0.293 e. The number of hydrogen-bond acceptors (Lipinski definition) is 1. The van der Waals surface area contributed by atoms with Crippen molar-refractivity contribution in [3.05, 3.63) is 71.3 Å². The van der Waals surface area contributed by atoms with Crippen LogP contribution in [0.1, 0.15) is 49.4 Å². The summed E-state index contributed by atoms with van der Waals surface area (Å²) in [6.45, 7) is 8.21. The molecule has 0 unspecified atom stereocenters. The second-order valence-electron chi connectivity index (χ2n) is 6.44. The fourth-order valence-electron chi connectivity index (χ4n) is 3.69. The highest BCUT2D eigenvalue weighted by Gasteiger charge is 2.28. The van der Waals surface area contributed by atoms with E-state index in [0.29, 0.717) is 18.0 Å². The summed E-state index contributed by atoms with van der Waals surface area (Å²) in [4.78, 5) is 2.67. The SMILES string of the molecule is C[C@@H]1CN([C@@H](C)c2ccccc2)[C@@H](C)Cc2ccccc21. The van der Waals surface area contributed by atoms with E-state index in [2.05, 4.69) is 80.3 Å². The van der Waals surface area contributed by atoms with E-state index in [9.17, 15) is 0 Å². The second kappa shape index (κ2) is 6.03. The van der Waals surface area contributed by atoms with Crippen LogP contribution in [0.5, 0.6) is 0 Å². The van der Waals surface area contributed by atoms with Crippen LogP contribution in [0.2, 0.25) is 0 Å². The Bertz CT molecular complexity index is 590. The van der Waals surface area contributed by atoms with Gasteiger partial charge in [-0.3, -0.25) is 4.90 Å². The molecule has 0 radical (unpaired) electrons. The highest BCUT2D eigenvalue weighted by atomic mass is 15.2. The fraction of sp³-hybridized carbons (Fsp3) is 0.400. The van der Waals surface area contributed by atoms with Crippen LogP contribution in [0.3, 0.4) is 0 Å². The van der Waals surface area contributed by atoms with E-state index in [0.717, 1.165) is 13.0 Å². The molecular formula is C20H25N. The maximum atomic E-state index is 2.67. The molecule has 0 bridgehead atoms. The first-order valence-electron chi connectivity index (χ1n) is 8.05. The molecule has 2 aromatic carbocycles. The first-order chi connectivity index (χ1) is 10.2. The number of fused-ring (bicyclic) bond motifs is 1. The Morgan fingerprint density at radius 2 is 1.62 bits per heavy atom. The molecule has 0 N–H and O–H groups in total. The average molecular weight is 279 g/mol. The van der Waals surface area contributed by atoms with Gasteiger partial charge in [-0.2, -0.15) is 0 Å². The van der Waals surface area contributed by atoms with Crippen molar-refractivity contribution in [1.82, 2.24) is 4.90 Å². The van der Waals surface area contributed by atoms with Crippen LogP contribution in [-0.2, 0) is 6.42 Å². The summed E-state index contributed by atoms with van der Waals surface area (Å²) in [5.41, 5.74) is 4.48. The van der Waals surface area contributed by atoms with Crippen molar-refractivity contribution in [3.8, 4) is 0 Å². The molecule has 0 aromatic heterocycles. The Hall–Kier alpha value is -1.60. The monoisotopic (exact) mass is 279 g/mol. The summed E-state index contributed by atoms with van der Waals surface area (Å²) in [5.74, 6) is 0.595. The third kappa shape index (κ3) is 2.89. The first-order valence-corrected chi connectivity index (χ1v) is 8.05. The van der Waals surface area contributed by atoms with Gasteiger partial charge in [-0.1, -0.05) is 61.5 Å². The molecule has 110 valence electrons. The van der Waals surface area contributed by atoms with Crippen LogP contribution in [-0.4, -0.2) is 17.5 Å². The zero-order valence-corrected chi connectivity index (χ0v) is 13.3. The lowest BCUT2D eigenvalue weighted by molar-refractivity contribution is 0.151. The van der Waals surface area contributed by atoms with E-state index in [4.69, 9.17) is 0 Å². The average Bonchev–Trinajstić information content (AvgIpc) is 2.64. The lowest BCUT2D eigenvalue weighted by atomic mass is 9.95. The summed E-state index contributed by atoms with van der Waals surface area (Å²) in [6.07, 6.45) is 1.15. The molecule has 0 saturated carbocycles. The second-order valence-corrected chi connectivity index (χ2v) is 6.44. The lowest BCUT2D eigenvalue weighted by Gasteiger charge is -2.34. The van der Waals surface area contributed by atoms with Gasteiger partial charge in [-0.25, -0.2) is 0 Å². The molecule has 0 aliphatic carbocycles. The Balaban J connectivity index is 1.88. The molecule has 0 saturated heterocycles. The molecule has 1 aliphatic rings. The van der Waals surface area contributed by atoms with Gasteiger partial charge in [0.25, 0.3) is 0 Å². The molecule has 2 aromatic rings. The van der Waals surface area contributed by atoms with Crippen molar-refractivity contribution in [3.63, 3.8) is 0 Å². The number of benzene rings is 2. The summed E-state index contributed by atoms with van der Waals surface area (Å²) < 4.78 is 0. The number of nitrogens with zero attached hydrogens (tertiary/aromatic N) is 1. The van der Waals surface area contributed by atoms with Crippen LogP contribution in [0, 0.1) is 0 Å². The summed E-state index contributed by atoms with van der Waals surface area (Å²) in [7, 11) is 0. The Morgan fingerprint density at radius 3 is 2.38 bits per heavy atom. The van der Waals surface area contributed by atoms with Crippen molar-refractivity contribution < 1.29 is 0 Å². The van der Waals surface area contributed by atoms with Crippen molar-refractivity contribution in [2.75, 3.05) is 6.54 Å². The molecular weight excluding hydrogens is 254 g/mol. The van der Waals surface area contributed by atoms with Gasteiger partial charge < -0.3 is 0 Å². The fourth-order valence-corrected chi connectivity index (χ4v) is 3.69. The van der Waals surface area contributed by atoms with Gasteiger partial charge in [-0.05, 0) is 42.9 Å². The van der Waals surface area contributed by atoms with E-state index in [-0.39, 0.29) is 0 Å². The molecule has 1 heteroatoms. The molecule has 3 rings (SSSR count). The third-order valence-electron chi connectivity index (χ3n) is 4.93. The Kier molecular flexibility index (Phi) is 4.12. The zero-order valence-electron chi connectivity index (χ0n) is 13.3. The molecule has 1 aliphatic heterocycles. The van der Waals surface area contributed by atoms with Crippen molar-refractivity contribution in [2.45, 2.75) is 45.2 Å². The molecule has 3 atom stereocenters. The molecule has 0 amide bonds. The van der Waals surface area contributed by atoms with Crippen molar-refractivity contribution in [2.24, 2.45) is 0 Å². The minimum atomic E-state index is 0.470. The molecule has 21 heavy (non-hydrogen) atoms. The predicted octanol–water partition coefficient (Wildman–Crippen LogP) is 4.80. The maximum Gasteiger partial charge on any atom is 0.0323 e. The number of hydrogen-bond donors (Lipinski definition) is 0. The summed E-state index contributed by atoms with van der Waals surface area (Å²) >= 11 is 0. The number of rotatable bonds is 2. The summed E-state index contributed by atoms with van der Waals surface area (Å²) in [6, 6.07) is 20.9. The standard InChI is InChI=1S/C20H25N/c1-15-14-21(17(3)18-9-5-4-6-10-18)16(2)13-19-11-7-8-12-20(15)19/h4-12,15-17H,13-14H2,1-3H3/t15-,16+,17+/m1/s1. The van der Waals surface area contributed by atoms with Gasteiger partial charge >= 0.3 is 0 Å². The van der Waals surface area contributed by atoms with E-state index in [1.165, 1.54) is 16.7 Å². The molecule has 0 spiro atoms. The van der Waals surface area contributed by atoms with E-state index in [1.54, 1.807) is 0 Å². The van der Waals surface area contributed by atoms with E-state index >= 15 is 0 Å². The topological polar surface area (TPSA) is 3.24 Å². The van der Waals surface area contributed by atoms with Gasteiger partial charge in [0.05, 0.1) is 0 Å². The van der Waals surface area contributed by atoms with Crippen LogP contribution < -0.4 is 0 Å². The van der Waals surface area contributed by atoms with Crippen LogP contribution in [0.25, 0.3) is 0 Å². The highest BCUT2D eigenvalue weighted by molar-refractivity contribution is 5.32. The van der Waals surface area contributed by atoms with Crippen molar-refractivity contribution in [1.29, 1.82) is 0 Å². The largest absolute Gasteiger partial charge is 0.293 e. The summed E-state index contributed by atoms with van der Waals surface area (Å²) in [5, 5.41) is 0. The quantitative estimate of drug-likeness (QED) is 0.763. The van der Waals surface area contributed by atoms with Gasteiger partial charge in [0.1, 0.15) is 0 Å². The van der Waals surface area contributed by atoms with E-state index in [1.807, 2.05) is 0 Å². The van der Waals surface area contributed by atoms with Gasteiger partial charge in [0.15, 0.2) is 0 Å². The lowest BCUT2D eigenvalue weighted by Crippen LogP contribution is -2.37. The van der Waals surface area contributed by atoms with Gasteiger partial charge in [-0.15, -0.1) is 0 Å². The van der Waals surface area contributed by atoms with Crippen LogP contribution in [0.4, 0.5) is 0 Å². The minimum absolute atomic E-state index is 0.470. The first kappa shape index (κ1) is 14.3. The molecule has 1 nitrogen and oxygen atoms in total. The zero-order chi connectivity index (χ0) is 14.8. The maximum absolute atomic E-state index is 2.67. The van der Waals surface area contributed by atoms with E-state index < -0.39 is 0 Å². The molecule has 1 heterocycles. The van der Waals surface area contributed by atoms with Crippen molar-refractivity contribution >= 4 is 0 Å². The highest BCUT2D eigenvalue weighted by Crippen LogP contribution is 2.32. The van der Waals surface area contributed by atoms with Crippen LogP contribution >= 0.6 is 0 Å².